The fourth-order valence-corrected chi connectivity index (χ4v) is 6.80. The summed E-state index contributed by atoms with van der Waals surface area (Å²) in [5, 5.41) is 13.9. The lowest BCUT2D eigenvalue weighted by Gasteiger charge is -2.23. The van der Waals surface area contributed by atoms with E-state index in [1.165, 1.54) is 48.6 Å². The van der Waals surface area contributed by atoms with Crippen molar-refractivity contribution in [1.29, 1.82) is 0 Å². The molecule has 0 bridgehead atoms. The maximum atomic E-state index is 15.6. The van der Waals surface area contributed by atoms with Crippen molar-refractivity contribution in [3.63, 3.8) is 0 Å². The maximum Gasteiger partial charge on any atom is 0.416 e. The number of ether oxygens (including phenoxy) is 1. The Bertz CT molecular complexity index is 1780. The fraction of sp³-hybridized carbons (Fsp3) is 0.226. The number of methoxy groups -OCH3 is 1. The molecule has 2 heterocycles. The van der Waals surface area contributed by atoms with Crippen LogP contribution in [0.4, 0.5) is 22.0 Å². The van der Waals surface area contributed by atoms with Crippen molar-refractivity contribution in [3.05, 3.63) is 116 Å². The number of thioether (sulfide) groups is 1. The Balaban J connectivity index is 1.82. The molecule has 42 heavy (non-hydrogen) atoms. The molecule has 0 saturated heterocycles. The Hall–Kier alpha value is -4.12. The van der Waals surface area contributed by atoms with Crippen LogP contribution in [0.25, 0.3) is 11.1 Å². The van der Waals surface area contributed by atoms with Crippen LogP contribution in [0.3, 0.4) is 0 Å². The molecular formula is C31H25F5N2O3S. The third-order valence-electron chi connectivity index (χ3n) is 7.50. The number of hydrogen-bond acceptors (Lipinski definition) is 5. The van der Waals surface area contributed by atoms with Crippen LogP contribution in [0.5, 0.6) is 5.75 Å². The predicted octanol–water partition coefficient (Wildman–Crippen LogP) is 7.55. The number of hydrogen-bond donors (Lipinski definition) is 1. The summed E-state index contributed by atoms with van der Waals surface area (Å²) in [4.78, 5) is 14.2. The van der Waals surface area contributed by atoms with E-state index in [1.54, 1.807) is 31.2 Å². The first-order chi connectivity index (χ1) is 20.0. The lowest BCUT2D eigenvalue weighted by Crippen LogP contribution is -2.32. The van der Waals surface area contributed by atoms with E-state index in [2.05, 4.69) is 5.16 Å². The SMILES string of the molecule is COc1cccc(-c2c(C)c(Cc3c(F)cccc3C(F)(F)F)c3n(c2=O)C(/C(=N/O)c2ccccc2C)CS3)c1F. The first-order valence-corrected chi connectivity index (χ1v) is 13.8. The van der Waals surface area contributed by atoms with E-state index in [1.807, 2.05) is 0 Å². The van der Waals surface area contributed by atoms with Crippen LogP contribution in [-0.2, 0) is 12.6 Å². The molecule has 3 aromatic carbocycles. The number of alkyl halides is 3. The molecule has 0 aliphatic carbocycles. The van der Waals surface area contributed by atoms with Gasteiger partial charge in [-0.2, -0.15) is 13.2 Å². The minimum absolute atomic E-state index is 0.107. The zero-order valence-corrected chi connectivity index (χ0v) is 23.5. The van der Waals surface area contributed by atoms with Gasteiger partial charge in [0, 0.05) is 28.9 Å². The lowest BCUT2D eigenvalue weighted by molar-refractivity contribution is -0.138. The summed E-state index contributed by atoms with van der Waals surface area (Å²) in [7, 11) is 1.27. The maximum absolute atomic E-state index is 15.6. The first-order valence-electron chi connectivity index (χ1n) is 12.9. The molecule has 0 radical (unpaired) electrons. The molecule has 5 rings (SSSR count). The Morgan fingerprint density at radius 2 is 1.76 bits per heavy atom. The van der Waals surface area contributed by atoms with Gasteiger partial charge in [-0.1, -0.05) is 47.6 Å². The highest BCUT2D eigenvalue weighted by Gasteiger charge is 2.38. The molecule has 5 nitrogen and oxygen atoms in total. The Morgan fingerprint density at radius 3 is 2.43 bits per heavy atom. The van der Waals surface area contributed by atoms with E-state index in [-0.39, 0.29) is 39.5 Å². The van der Waals surface area contributed by atoms with E-state index in [0.717, 1.165) is 23.8 Å². The van der Waals surface area contributed by atoms with Crippen molar-refractivity contribution in [2.24, 2.45) is 5.16 Å². The van der Waals surface area contributed by atoms with Crippen molar-refractivity contribution >= 4 is 17.5 Å². The molecule has 1 atom stereocenters. The van der Waals surface area contributed by atoms with Gasteiger partial charge in [-0.15, -0.1) is 11.8 Å². The molecule has 218 valence electrons. The normalized spacial score (nSPS) is 15.1. The van der Waals surface area contributed by atoms with Gasteiger partial charge in [0.25, 0.3) is 5.56 Å². The Labute approximate surface area is 242 Å². The molecule has 1 aliphatic heterocycles. The van der Waals surface area contributed by atoms with Crippen molar-refractivity contribution in [1.82, 2.24) is 4.57 Å². The second kappa shape index (κ2) is 11.3. The Kier molecular flexibility index (Phi) is 7.89. The summed E-state index contributed by atoms with van der Waals surface area (Å²) < 4.78 is 78.9. The number of nitrogens with zero attached hydrogens (tertiary/aromatic N) is 2. The average molecular weight is 601 g/mol. The first kappa shape index (κ1) is 29.4. The molecule has 0 fully saturated rings. The number of pyridine rings is 1. The van der Waals surface area contributed by atoms with Gasteiger partial charge < -0.3 is 9.94 Å². The van der Waals surface area contributed by atoms with Crippen LogP contribution in [0.15, 0.2) is 75.6 Å². The fourth-order valence-electron chi connectivity index (χ4n) is 5.43. The molecule has 1 unspecified atom stereocenters. The van der Waals surface area contributed by atoms with E-state index < -0.39 is 47.0 Å². The van der Waals surface area contributed by atoms with Gasteiger partial charge in [-0.3, -0.25) is 9.36 Å². The molecule has 0 saturated carbocycles. The van der Waals surface area contributed by atoms with Crippen molar-refractivity contribution < 1.29 is 31.9 Å². The minimum Gasteiger partial charge on any atom is -0.494 e. The summed E-state index contributed by atoms with van der Waals surface area (Å²) in [6.45, 7) is 3.32. The van der Waals surface area contributed by atoms with Gasteiger partial charge >= 0.3 is 6.18 Å². The highest BCUT2D eigenvalue weighted by Crippen LogP contribution is 2.43. The summed E-state index contributed by atoms with van der Waals surface area (Å²) >= 11 is 1.18. The van der Waals surface area contributed by atoms with E-state index in [4.69, 9.17) is 4.74 Å². The van der Waals surface area contributed by atoms with Crippen LogP contribution in [0, 0.1) is 25.5 Å². The average Bonchev–Trinajstić information content (AvgIpc) is 3.38. The number of rotatable bonds is 6. The predicted molar refractivity (Wildman–Crippen MR) is 151 cm³/mol. The summed E-state index contributed by atoms with van der Waals surface area (Å²) in [6.07, 6.45) is -5.35. The molecule has 1 N–H and O–H groups in total. The minimum atomic E-state index is -4.83. The van der Waals surface area contributed by atoms with Gasteiger partial charge in [0.15, 0.2) is 11.6 Å². The van der Waals surface area contributed by atoms with E-state index in [9.17, 15) is 23.2 Å². The largest absolute Gasteiger partial charge is 0.494 e. The molecule has 0 spiro atoms. The molecular weight excluding hydrogens is 575 g/mol. The molecule has 0 amide bonds. The molecule has 11 heteroatoms. The number of fused-ring (bicyclic) bond motifs is 1. The van der Waals surface area contributed by atoms with Crippen LogP contribution in [0.1, 0.15) is 39.4 Å². The zero-order chi connectivity index (χ0) is 30.3. The molecule has 1 aliphatic rings. The highest BCUT2D eigenvalue weighted by atomic mass is 32.2. The molecule has 1 aromatic heterocycles. The van der Waals surface area contributed by atoms with Crippen LogP contribution < -0.4 is 10.3 Å². The van der Waals surface area contributed by atoms with E-state index in [0.29, 0.717) is 10.6 Å². The summed E-state index contributed by atoms with van der Waals surface area (Å²) in [6, 6.07) is 13.2. The third kappa shape index (κ3) is 4.95. The van der Waals surface area contributed by atoms with E-state index >= 15 is 8.78 Å². The third-order valence-corrected chi connectivity index (χ3v) is 8.70. The van der Waals surface area contributed by atoms with Crippen LogP contribution >= 0.6 is 11.8 Å². The van der Waals surface area contributed by atoms with Crippen molar-refractivity contribution in [2.45, 2.75) is 37.5 Å². The van der Waals surface area contributed by atoms with Crippen molar-refractivity contribution in [3.8, 4) is 16.9 Å². The zero-order valence-electron chi connectivity index (χ0n) is 22.7. The van der Waals surface area contributed by atoms with Crippen LogP contribution in [0.2, 0.25) is 0 Å². The highest BCUT2D eigenvalue weighted by molar-refractivity contribution is 7.99. The molecule has 4 aromatic rings. The van der Waals surface area contributed by atoms with Gasteiger partial charge in [-0.05, 0) is 48.7 Å². The quantitative estimate of drug-likeness (QED) is 0.107. The van der Waals surface area contributed by atoms with Gasteiger partial charge in [0.2, 0.25) is 0 Å². The van der Waals surface area contributed by atoms with Gasteiger partial charge in [-0.25, -0.2) is 8.78 Å². The topological polar surface area (TPSA) is 63.8 Å². The number of halogens is 5. The van der Waals surface area contributed by atoms with Gasteiger partial charge in [0.1, 0.15) is 11.5 Å². The number of oxime groups is 1. The second-order valence-corrected chi connectivity index (χ2v) is 10.9. The Morgan fingerprint density at radius 1 is 1.05 bits per heavy atom. The van der Waals surface area contributed by atoms with Gasteiger partial charge in [0.05, 0.1) is 29.3 Å². The van der Waals surface area contributed by atoms with Crippen LogP contribution in [-0.4, -0.2) is 28.3 Å². The lowest BCUT2D eigenvalue weighted by atomic mass is 9.92. The summed E-state index contributed by atoms with van der Waals surface area (Å²) in [5.41, 5.74) is -0.652. The number of aryl methyl sites for hydroxylation is 1. The van der Waals surface area contributed by atoms with Crippen molar-refractivity contribution in [2.75, 3.05) is 12.9 Å². The second-order valence-electron chi connectivity index (χ2n) is 9.85. The number of benzene rings is 3. The summed E-state index contributed by atoms with van der Waals surface area (Å²) in [5.74, 6) is -1.82. The number of aromatic nitrogens is 1. The smallest absolute Gasteiger partial charge is 0.416 e. The standard InChI is InChI=1S/C31H25F5N2O3S/c1-16-8-4-5-9-18(16)28(37-40)24-15-42-30-20(14-21-22(31(34,35)36)11-7-12-23(21)32)17(2)26(29(39)38(24)30)19-10-6-13-25(41-3)27(19)33/h4-13,24,40H,14-15H2,1-3H3/b37-28+. The monoisotopic (exact) mass is 600 g/mol.